The molecule has 3 nitrogen and oxygen atoms in total. The number of aryl methyl sites for hydroxylation is 3. The zero-order valence-electron chi connectivity index (χ0n) is 11.3. The minimum absolute atomic E-state index is 0.124. The minimum Gasteiger partial charge on any atom is -0.327 e. The Labute approximate surface area is 107 Å². The maximum absolute atomic E-state index is 12.2. The molecule has 1 heterocycles. The summed E-state index contributed by atoms with van der Waals surface area (Å²) in [7, 11) is 0. The fraction of sp³-hybridized carbons (Fsp3) is 0.333. The van der Waals surface area contributed by atoms with E-state index in [1.807, 2.05) is 50.5 Å². The van der Waals surface area contributed by atoms with Crippen LogP contribution < -0.4 is 0 Å². The molecule has 0 radical (unpaired) electrons. The molecule has 0 saturated carbocycles. The molecule has 2 rings (SSSR count). The van der Waals surface area contributed by atoms with E-state index in [4.69, 9.17) is 0 Å². The zero-order chi connectivity index (χ0) is 13.3. The van der Waals surface area contributed by atoms with Crippen LogP contribution in [0.5, 0.6) is 0 Å². The lowest BCUT2D eigenvalue weighted by molar-refractivity contribution is 0.0971. The van der Waals surface area contributed by atoms with Gasteiger partial charge in [-0.15, -0.1) is 0 Å². The first-order valence-corrected chi connectivity index (χ1v) is 6.08. The number of Topliss-reactive ketones (excluding diaryl/α,β-unsaturated/α-hetero) is 1. The molecule has 0 N–H and O–H groups in total. The molecular weight excluding hydrogens is 224 g/mol. The number of hydrogen-bond donors (Lipinski definition) is 0. The Balaban J connectivity index is 2.22. The average molecular weight is 242 g/mol. The standard InChI is InChI=1S/C15H18N2O/c1-10-5-6-14(7-11(10)2)15(18)8-17-9-16-12(3)13(17)4/h5-7,9H,8H2,1-4H3. The fourth-order valence-corrected chi connectivity index (χ4v) is 1.86. The van der Waals surface area contributed by atoms with E-state index >= 15 is 0 Å². The van der Waals surface area contributed by atoms with Crippen LogP contribution in [0.4, 0.5) is 0 Å². The van der Waals surface area contributed by atoms with Crippen LogP contribution in [0.2, 0.25) is 0 Å². The van der Waals surface area contributed by atoms with E-state index in [9.17, 15) is 4.79 Å². The first-order chi connectivity index (χ1) is 8.49. The third-order valence-corrected chi connectivity index (χ3v) is 3.49. The van der Waals surface area contributed by atoms with Gasteiger partial charge in [-0.05, 0) is 44.9 Å². The van der Waals surface area contributed by atoms with Gasteiger partial charge in [-0.2, -0.15) is 0 Å². The van der Waals surface area contributed by atoms with Crippen LogP contribution >= 0.6 is 0 Å². The molecule has 0 spiro atoms. The highest BCUT2D eigenvalue weighted by molar-refractivity contribution is 5.96. The molecule has 0 bridgehead atoms. The van der Waals surface area contributed by atoms with E-state index < -0.39 is 0 Å². The van der Waals surface area contributed by atoms with Gasteiger partial charge < -0.3 is 4.57 Å². The summed E-state index contributed by atoms with van der Waals surface area (Å²) in [6, 6.07) is 5.84. The minimum atomic E-state index is 0.124. The van der Waals surface area contributed by atoms with Crippen molar-refractivity contribution in [3.05, 3.63) is 52.6 Å². The van der Waals surface area contributed by atoms with Crippen LogP contribution in [-0.2, 0) is 6.54 Å². The first-order valence-electron chi connectivity index (χ1n) is 6.08. The number of carbonyl (C=O) groups is 1. The van der Waals surface area contributed by atoms with Crippen LogP contribution in [0, 0.1) is 27.7 Å². The largest absolute Gasteiger partial charge is 0.327 e. The van der Waals surface area contributed by atoms with Crippen molar-refractivity contribution in [3.8, 4) is 0 Å². The van der Waals surface area contributed by atoms with Gasteiger partial charge in [0.15, 0.2) is 5.78 Å². The third kappa shape index (κ3) is 2.35. The number of aromatic nitrogens is 2. The first kappa shape index (κ1) is 12.6. The van der Waals surface area contributed by atoms with Gasteiger partial charge in [-0.3, -0.25) is 4.79 Å². The number of nitrogens with zero attached hydrogens (tertiary/aromatic N) is 2. The highest BCUT2D eigenvalue weighted by Crippen LogP contribution is 2.12. The SMILES string of the molecule is Cc1ccc(C(=O)Cn2cnc(C)c2C)cc1C. The van der Waals surface area contributed by atoms with Crippen LogP contribution in [0.15, 0.2) is 24.5 Å². The molecule has 1 aromatic heterocycles. The summed E-state index contributed by atoms with van der Waals surface area (Å²) in [6.07, 6.45) is 1.73. The molecule has 0 amide bonds. The Bertz CT molecular complexity index is 597. The molecule has 0 fully saturated rings. The average Bonchev–Trinajstić information content (AvgIpc) is 2.64. The van der Waals surface area contributed by atoms with Gasteiger partial charge in [0, 0.05) is 11.3 Å². The highest BCUT2D eigenvalue weighted by atomic mass is 16.1. The van der Waals surface area contributed by atoms with Gasteiger partial charge in [0.25, 0.3) is 0 Å². The maximum Gasteiger partial charge on any atom is 0.182 e. The van der Waals surface area contributed by atoms with Gasteiger partial charge >= 0.3 is 0 Å². The van der Waals surface area contributed by atoms with E-state index in [1.54, 1.807) is 6.33 Å². The van der Waals surface area contributed by atoms with Gasteiger partial charge in [0.2, 0.25) is 0 Å². The summed E-state index contributed by atoms with van der Waals surface area (Å²) in [5.74, 6) is 0.124. The third-order valence-electron chi connectivity index (χ3n) is 3.49. The van der Waals surface area contributed by atoms with Crippen LogP contribution in [0.1, 0.15) is 32.9 Å². The quantitative estimate of drug-likeness (QED) is 0.775. The Kier molecular flexibility index (Phi) is 3.32. The summed E-state index contributed by atoms with van der Waals surface area (Å²) in [6.45, 7) is 8.36. The summed E-state index contributed by atoms with van der Waals surface area (Å²) < 4.78 is 1.90. The van der Waals surface area contributed by atoms with Gasteiger partial charge in [-0.25, -0.2) is 4.98 Å². The molecule has 94 valence electrons. The lowest BCUT2D eigenvalue weighted by Crippen LogP contribution is -2.11. The Hall–Kier alpha value is -1.90. The molecule has 2 aromatic rings. The lowest BCUT2D eigenvalue weighted by Gasteiger charge is -2.07. The molecule has 1 aromatic carbocycles. The number of ketones is 1. The fourth-order valence-electron chi connectivity index (χ4n) is 1.86. The van der Waals surface area contributed by atoms with Crippen molar-refractivity contribution in [2.45, 2.75) is 34.2 Å². The molecule has 3 heteroatoms. The number of benzene rings is 1. The van der Waals surface area contributed by atoms with E-state index in [0.29, 0.717) is 6.54 Å². The van der Waals surface area contributed by atoms with Gasteiger partial charge in [0.1, 0.15) is 0 Å². The summed E-state index contributed by atoms with van der Waals surface area (Å²) in [4.78, 5) is 16.4. The van der Waals surface area contributed by atoms with Crippen molar-refractivity contribution >= 4 is 5.78 Å². The number of imidazole rings is 1. The molecule has 0 unspecified atom stereocenters. The second-order valence-electron chi connectivity index (χ2n) is 4.77. The van der Waals surface area contributed by atoms with Crippen LogP contribution in [0.3, 0.4) is 0 Å². The van der Waals surface area contributed by atoms with Crippen molar-refractivity contribution in [1.29, 1.82) is 0 Å². The Morgan fingerprint density at radius 2 is 1.89 bits per heavy atom. The van der Waals surface area contributed by atoms with Crippen molar-refractivity contribution in [3.63, 3.8) is 0 Å². The second-order valence-corrected chi connectivity index (χ2v) is 4.77. The molecular formula is C15H18N2O. The number of carbonyl (C=O) groups excluding carboxylic acids is 1. The molecule has 0 aliphatic carbocycles. The Morgan fingerprint density at radius 1 is 1.17 bits per heavy atom. The van der Waals surface area contributed by atoms with E-state index in [0.717, 1.165) is 22.5 Å². The topological polar surface area (TPSA) is 34.9 Å². The monoisotopic (exact) mass is 242 g/mol. The number of rotatable bonds is 3. The van der Waals surface area contributed by atoms with Crippen molar-refractivity contribution in [1.82, 2.24) is 9.55 Å². The summed E-state index contributed by atoms with van der Waals surface area (Å²) in [5.41, 5.74) is 5.15. The zero-order valence-corrected chi connectivity index (χ0v) is 11.3. The van der Waals surface area contributed by atoms with Gasteiger partial charge in [0.05, 0.1) is 18.6 Å². The van der Waals surface area contributed by atoms with Crippen molar-refractivity contribution < 1.29 is 4.79 Å². The van der Waals surface area contributed by atoms with Crippen LogP contribution in [-0.4, -0.2) is 15.3 Å². The normalized spacial score (nSPS) is 10.7. The molecule has 0 aliphatic heterocycles. The van der Waals surface area contributed by atoms with Crippen LogP contribution in [0.25, 0.3) is 0 Å². The van der Waals surface area contributed by atoms with E-state index in [1.165, 1.54) is 5.56 Å². The predicted molar refractivity (Wildman–Crippen MR) is 71.9 cm³/mol. The number of hydrogen-bond acceptors (Lipinski definition) is 2. The van der Waals surface area contributed by atoms with Gasteiger partial charge in [-0.1, -0.05) is 12.1 Å². The second kappa shape index (κ2) is 4.77. The van der Waals surface area contributed by atoms with Crippen molar-refractivity contribution in [2.75, 3.05) is 0 Å². The molecule has 0 atom stereocenters. The van der Waals surface area contributed by atoms with E-state index in [-0.39, 0.29) is 5.78 Å². The van der Waals surface area contributed by atoms with Crippen molar-refractivity contribution in [2.24, 2.45) is 0 Å². The Morgan fingerprint density at radius 3 is 2.44 bits per heavy atom. The molecule has 0 aliphatic rings. The summed E-state index contributed by atoms with van der Waals surface area (Å²) >= 11 is 0. The molecule has 0 saturated heterocycles. The maximum atomic E-state index is 12.2. The lowest BCUT2D eigenvalue weighted by atomic mass is 10.0. The van der Waals surface area contributed by atoms with E-state index in [2.05, 4.69) is 4.98 Å². The predicted octanol–water partition coefficient (Wildman–Crippen LogP) is 3.00. The summed E-state index contributed by atoms with van der Waals surface area (Å²) in [5, 5.41) is 0. The smallest absolute Gasteiger partial charge is 0.182 e. The molecule has 18 heavy (non-hydrogen) atoms. The highest BCUT2D eigenvalue weighted by Gasteiger charge is 2.10.